The Labute approximate surface area is 115 Å². The fourth-order valence-corrected chi connectivity index (χ4v) is 2.24. The molecule has 0 aliphatic heterocycles. The van der Waals surface area contributed by atoms with Gasteiger partial charge in [0.2, 0.25) is 0 Å². The van der Waals surface area contributed by atoms with Crippen molar-refractivity contribution in [3.63, 3.8) is 0 Å². The maximum Gasteiger partial charge on any atom is 0.273 e. The topological polar surface area (TPSA) is 67.2 Å². The Balaban J connectivity index is 2.56. The zero-order valence-electron chi connectivity index (χ0n) is 12.4. The number of amides is 1. The fourth-order valence-electron chi connectivity index (χ4n) is 2.24. The van der Waals surface area contributed by atoms with Gasteiger partial charge in [-0.15, -0.1) is 0 Å². The highest BCUT2D eigenvalue weighted by molar-refractivity contribution is 5.92. The molecule has 0 aromatic carbocycles. The van der Waals surface area contributed by atoms with E-state index >= 15 is 0 Å². The minimum atomic E-state index is -0.165. The summed E-state index contributed by atoms with van der Waals surface area (Å²) in [4.78, 5) is 12.0. The maximum absolute atomic E-state index is 12.0. The van der Waals surface area contributed by atoms with Gasteiger partial charge in [0.25, 0.3) is 5.91 Å². The standard InChI is InChI=1S/C14H25N3O2/c1-5-7-14(3,9-15-4)10-16-13(18)12-8-11(6-2)19-17-12/h8,15H,5-7,9-10H2,1-4H3,(H,16,18). The second kappa shape index (κ2) is 7.28. The fraction of sp³-hybridized carbons (Fsp3) is 0.714. The Morgan fingerprint density at radius 3 is 2.68 bits per heavy atom. The molecular weight excluding hydrogens is 242 g/mol. The lowest BCUT2D eigenvalue weighted by Gasteiger charge is -2.29. The van der Waals surface area contributed by atoms with E-state index in [4.69, 9.17) is 4.52 Å². The number of rotatable bonds is 8. The van der Waals surface area contributed by atoms with Gasteiger partial charge in [0.05, 0.1) is 0 Å². The number of nitrogens with one attached hydrogen (secondary N) is 2. The van der Waals surface area contributed by atoms with E-state index in [1.165, 1.54) is 0 Å². The van der Waals surface area contributed by atoms with Crippen LogP contribution in [0, 0.1) is 5.41 Å². The van der Waals surface area contributed by atoms with E-state index in [0.29, 0.717) is 12.2 Å². The van der Waals surface area contributed by atoms with Crippen molar-refractivity contribution >= 4 is 5.91 Å². The summed E-state index contributed by atoms with van der Waals surface area (Å²) in [5, 5.41) is 9.91. The first kappa shape index (κ1) is 15.7. The van der Waals surface area contributed by atoms with Crippen molar-refractivity contribution in [3.05, 3.63) is 17.5 Å². The summed E-state index contributed by atoms with van der Waals surface area (Å²) < 4.78 is 5.04. The van der Waals surface area contributed by atoms with E-state index in [9.17, 15) is 4.79 Å². The monoisotopic (exact) mass is 267 g/mol. The lowest BCUT2D eigenvalue weighted by atomic mass is 9.85. The number of hydrogen-bond acceptors (Lipinski definition) is 4. The van der Waals surface area contributed by atoms with Gasteiger partial charge in [0.1, 0.15) is 5.76 Å². The molecule has 0 saturated heterocycles. The molecule has 2 N–H and O–H groups in total. The Morgan fingerprint density at radius 2 is 2.16 bits per heavy atom. The second-order valence-corrected chi connectivity index (χ2v) is 5.31. The molecule has 1 atom stereocenters. The molecule has 1 amide bonds. The van der Waals surface area contributed by atoms with Crippen LogP contribution >= 0.6 is 0 Å². The summed E-state index contributed by atoms with van der Waals surface area (Å²) in [5.41, 5.74) is 0.427. The van der Waals surface area contributed by atoms with Gasteiger partial charge in [-0.25, -0.2) is 0 Å². The molecule has 1 aromatic heterocycles. The van der Waals surface area contributed by atoms with Gasteiger partial charge in [0.15, 0.2) is 5.69 Å². The number of carbonyl (C=O) groups is 1. The predicted octanol–water partition coefficient (Wildman–Crippen LogP) is 1.99. The van der Waals surface area contributed by atoms with Gasteiger partial charge in [0, 0.05) is 25.6 Å². The van der Waals surface area contributed by atoms with E-state index < -0.39 is 0 Å². The number of aryl methyl sites for hydroxylation is 1. The van der Waals surface area contributed by atoms with E-state index in [0.717, 1.165) is 31.6 Å². The van der Waals surface area contributed by atoms with Crippen molar-refractivity contribution in [2.75, 3.05) is 20.1 Å². The molecule has 19 heavy (non-hydrogen) atoms. The molecule has 0 spiro atoms. The summed E-state index contributed by atoms with van der Waals surface area (Å²) in [7, 11) is 1.93. The summed E-state index contributed by atoms with van der Waals surface area (Å²) in [6.45, 7) is 7.80. The Morgan fingerprint density at radius 1 is 1.42 bits per heavy atom. The normalized spacial score (nSPS) is 14.1. The van der Waals surface area contributed by atoms with Crippen LogP contribution in [-0.4, -0.2) is 31.2 Å². The molecule has 0 saturated carbocycles. The van der Waals surface area contributed by atoms with Crippen LogP contribution in [0.4, 0.5) is 0 Å². The second-order valence-electron chi connectivity index (χ2n) is 5.31. The van der Waals surface area contributed by atoms with Crippen molar-refractivity contribution in [2.45, 2.75) is 40.0 Å². The number of carbonyl (C=O) groups excluding carboxylic acids is 1. The van der Waals surface area contributed by atoms with Crippen LogP contribution in [-0.2, 0) is 6.42 Å². The predicted molar refractivity (Wildman–Crippen MR) is 75.2 cm³/mol. The van der Waals surface area contributed by atoms with Gasteiger partial charge >= 0.3 is 0 Å². The first-order chi connectivity index (χ1) is 9.04. The zero-order chi connectivity index (χ0) is 14.3. The molecule has 0 fully saturated rings. The molecule has 108 valence electrons. The highest BCUT2D eigenvalue weighted by Crippen LogP contribution is 2.21. The van der Waals surface area contributed by atoms with Crippen LogP contribution in [0.25, 0.3) is 0 Å². The van der Waals surface area contributed by atoms with Crippen LogP contribution < -0.4 is 10.6 Å². The third-order valence-electron chi connectivity index (χ3n) is 3.27. The molecule has 0 aliphatic rings. The Bertz CT molecular complexity index is 395. The van der Waals surface area contributed by atoms with Crippen molar-refractivity contribution < 1.29 is 9.32 Å². The zero-order valence-corrected chi connectivity index (χ0v) is 12.4. The summed E-state index contributed by atoms with van der Waals surface area (Å²) in [6.07, 6.45) is 2.90. The van der Waals surface area contributed by atoms with Gasteiger partial charge in [-0.2, -0.15) is 0 Å². The molecule has 5 nitrogen and oxygen atoms in total. The summed E-state index contributed by atoms with van der Waals surface area (Å²) >= 11 is 0. The SMILES string of the molecule is CCCC(C)(CNC)CNC(=O)c1cc(CC)on1. The summed E-state index contributed by atoms with van der Waals surface area (Å²) in [5.74, 6) is 0.568. The quantitative estimate of drug-likeness (QED) is 0.756. The van der Waals surface area contributed by atoms with Crippen LogP contribution in [0.3, 0.4) is 0 Å². The molecule has 1 aromatic rings. The van der Waals surface area contributed by atoms with Crippen molar-refractivity contribution in [3.8, 4) is 0 Å². The van der Waals surface area contributed by atoms with Crippen LogP contribution in [0.2, 0.25) is 0 Å². The molecule has 1 unspecified atom stereocenters. The molecule has 0 aliphatic carbocycles. The van der Waals surface area contributed by atoms with Crippen LogP contribution in [0.5, 0.6) is 0 Å². The van der Waals surface area contributed by atoms with Crippen LogP contribution in [0.15, 0.2) is 10.6 Å². The van der Waals surface area contributed by atoms with E-state index in [2.05, 4.69) is 29.6 Å². The molecular formula is C14H25N3O2. The minimum Gasteiger partial charge on any atom is -0.361 e. The van der Waals surface area contributed by atoms with Crippen LogP contribution in [0.1, 0.15) is 49.9 Å². The average Bonchev–Trinajstić information content (AvgIpc) is 2.85. The first-order valence-corrected chi connectivity index (χ1v) is 6.93. The van der Waals surface area contributed by atoms with Crippen molar-refractivity contribution in [2.24, 2.45) is 5.41 Å². The molecule has 1 rings (SSSR count). The van der Waals surface area contributed by atoms with Crippen molar-refractivity contribution in [1.82, 2.24) is 15.8 Å². The smallest absolute Gasteiger partial charge is 0.273 e. The molecule has 5 heteroatoms. The number of aromatic nitrogens is 1. The number of nitrogens with zero attached hydrogens (tertiary/aromatic N) is 1. The first-order valence-electron chi connectivity index (χ1n) is 6.93. The maximum atomic E-state index is 12.0. The summed E-state index contributed by atoms with van der Waals surface area (Å²) in [6, 6.07) is 1.70. The number of hydrogen-bond donors (Lipinski definition) is 2. The lowest BCUT2D eigenvalue weighted by Crippen LogP contribution is -2.41. The van der Waals surface area contributed by atoms with Gasteiger partial charge in [-0.3, -0.25) is 4.79 Å². The Hall–Kier alpha value is -1.36. The molecule has 0 radical (unpaired) electrons. The van der Waals surface area contributed by atoms with Gasteiger partial charge in [-0.1, -0.05) is 32.3 Å². The van der Waals surface area contributed by atoms with E-state index in [-0.39, 0.29) is 11.3 Å². The van der Waals surface area contributed by atoms with Gasteiger partial charge < -0.3 is 15.2 Å². The molecule has 0 bridgehead atoms. The third kappa shape index (κ3) is 4.67. The minimum absolute atomic E-state index is 0.0660. The lowest BCUT2D eigenvalue weighted by molar-refractivity contribution is 0.0921. The highest BCUT2D eigenvalue weighted by atomic mass is 16.5. The highest BCUT2D eigenvalue weighted by Gasteiger charge is 2.24. The van der Waals surface area contributed by atoms with Gasteiger partial charge in [-0.05, 0) is 18.9 Å². The van der Waals surface area contributed by atoms with E-state index in [1.807, 2.05) is 14.0 Å². The van der Waals surface area contributed by atoms with E-state index in [1.54, 1.807) is 6.07 Å². The average molecular weight is 267 g/mol. The Kier molecular flexibility index (Phi) is 6.02. The van der Waals surface area contributed by atoms with Crippen molar-refractivity contribution in [1.29, 1.82) is 0 Å². The third-order valence-corrected chi connectivity index (χ3v) is 3.27. The largest absolute Gasteiger partial charge is 0.361 e. The molecule has 1 heterocycles.